The van der Waals surface area contributed by atoms with E-state index in [-0.39, 0.29) is 5.75 Å². The van der Waals surface area contributed by atoms with Gasteiger partial charge in [-0.1, -0.05) is 24.8 Å². The Morgan fingerprint density at radius 3 is 2.08 bits per heavy atom. The van der Waals surface area contributed by atoms with Crippen molar-refractivity contribution in [2.45, 2.75) is 31.1 Å². The first-order valence-corrected chi connectivity index (χ1v) is 7.12. The van der Waals surface area contributed by atoms with Crippen LogP contribution in [0.25, 0.3) is 6.08 Å². The van der Waals surface area contributed by atoms with Crippen LogP contribution in [0.5, 0.6) is 5.75 Å². The molecule has 8 heteroatoms. The largest absolute Gasteiger partial charge is 0.487 e. The van der Waals surface area contributed by atoms with E-state index in [0.717, 1.165) is 5.56 Å². The third-order valence-corrected chi connectivity index (χ3v) is 2.90. The summed E-state index contributed by atoms with van der Waals surface area (Å²) in [5.41, 5.74) is 0.749. The van der Waals surface area contributed by atoms with E-state index in [1.165, 1.54) is 12.1 Å². The molecule has 0 aliphatic carbocycles. The van der Waals surface area contributed by atoms with Gasteiger partial charge in [0.05, 0.1) is 19.5 Å². The zero-order chi connectivity index (χ0) is 18.4. The van der Waals surface area contributed by atoms with Crippen molar-refractivity contribution in [3.05, 3.63) is 36.4 Å². The first kappa shape index (κ1) is 20.3. The summed E-state index contributed by atoms with van der Waals surface area (Å²) >= 11 is 0. The number of alkyl halides is 6. The summed E-state index contributed by atoms with van der Waals surface area (Å²) in [6, 6.07) is 5.97. The molecule has 24 heavy (non-hydrogen) atoms. The van der Waals surface area contributed by atoms with Crippen molar-refractivity contribution in [1.82, 2.24) is 5.32 Å². The molecule has 1 N–H and O–H groups in total. The molecule has 0 atom stereocenters. The third kappa shape index (κ3) is 8.24. The Morgan fingerprint density at radius 2 is 1.58 bits per heavy atom. The average molecular weight is 355 g/mol. The Morgan fingerprint density at radius 1 is 1.00 bits per heavy atom. The number of hydrogen-bond acceptors (Lipinski definition) is 2. The second kappa shape index (κ2) is 7.92. The molecule has 0 spiro atoms. The molecule has 0 amide bonds. The number of nitrogens with one attached hydrogen (secondary N) is 1. The monoisotopic (exact) mass is 355 g/mol. The number of ether oxygens (including phenoxy) is 1. The predicted octanol–water partition coefficient (Wildman–Crippen LogP) is 4.61. The van der Waals surface area contributed by atoms with E-state index < -0.39 is 43.9 Å². The Bertz CT molecular complexity index is 524. The van der Waals surface area contributed by atoms with Crippen LogP contribution in [-0.2, 0) is 0 Å². The van der Waals surface area contributed by atoms with Gasteiger partial charge in [0.1, 0.15) is 5.75 Å². The van der Waals surface area contributed by atoms with Gasteiger partial charge in [0.15, 0.2) is 6.61 Å². The van der Waals surface area contributed by atoms with Crippen LogP contribution in [0.1, 0.15) is 18.9 Å². The second-order valence-electron chi connectivity index (χ2n) is 5.62. The molecule has 0 aliphatic heterocycles. The Balaban J connectivity index is 2.49. The van der Waals surface area contributed by atoms with Gasteiger partial charge < -0.3 is 10.1 Å². The highest BCUT2D eigenvalue weighted by Gasteiger charge is 2.44. The van der Waals surface area contributed by atoms with Gasteiger partial charge in [0.25, 0.3) is 17.8 Å². The van der Waals surface area contributed by atoms with Crippen molar-refractivity contribution in [2.75, 3.05) is 19.7 Å². The quantitative estimate of drug-likeness (QED) is 0.619. The van der Waals surface area contributed by atoms with Crippen LogP contribution in [0.2, 0.25) is 0 Å². The first-order chi connectivity index (χ1) is 10.9. The SMILES string of the molecule is C=Cc1ccc(OCC(F)(F)CC(F)(F)CNCC(C)(F)F)cc1. The minimum atomic E-state index is -3.84. The van der Waals surface area contributed by atoms with Gasteiger partial charge in [-0.25, -0.2) is 26.3 Å². The van der Waals surface area contributed by atoms with Crippen LogP contribution in [0.15, 0.2) is 30.8 Å². The molecular weight excluding hydrogens is 336 g/mol. The summed E-state index contributed by atoms with van der Waals surface area (Å²) in [7, 11) is 0. The van der Waals surface area contributed by atoms with Gasteiger partial charge in [0, 0.05) is 6.92 Å². The van der Waals surface area contributed by atoms with E-state index >= 15 is 0 Å². The topological polar surface area (TPSA) is 21.3 Å². The lowest BCUT2D eigenvalue weighted by molar-refractivity contribution is -0.126. The molecule has 0 unspecified atom stereocenters. The molecule has 1 aromatic carbocycles. The van der Waals surface area contributed by atoms with E-state index in [4.69, 9.17) is 4.74 Å². The molecule has 2 nitrogen and oxygen atoms in total. The molecule has 0 saturated heterocycles. The van der Waals surface area contributed by atoms with Gasteiger partial charge >= 0.3 is 0 Å². The van der Waals surface area contributed by atoms with Crippen LogP contribution < -0.4 is 10.1 Å². The molecule has 0 bridgehead atoms. The molecule has 0 radical (unpaired) electrons. The van der Waals surface area contributed by atoms with E-state index in [1.54, 1.807) is 23.5 Å². The first-order valence-electron chi connectivity index (χ1n) is 7.12. The highest BCUT2D eigenvalue weighted by molar-refractivity contribution is 5.48. The molecule has 136 valence electrons. The van der Waals surface area contributed by atoms with Crippen LogP contribution in [-0.4, -0.2) is 37.5 Å². The molecular formula is C16H19F6NO. The van der Waals surface area contributed by atoms with Crippen molar-refractivity contribution in [2.24, 2.45) is 0 Å². The lowest BCUT2D eigenvalue weighted by atomic mass is 10.1. The summed E-state index contributed by atoms with van der Waals surface area (Å²) < 4.78 is 84.0. The minimum absolute atomic E-state index is 0.104. The highest BCUT2D eigenvalue weighted by atomic mass is 19.3. The van der Waals surface area contributed by atoms with Crippen molar-refractivity contribution in [1.29, 1.82) is 0 Å². The van der Waals surface area contributed by atoms with Crippen LogP contribution in [0.3, 0.4) is 0 Å². The summed E-state index contributed by atoms with van der Waals surface area (Å²) in [5.74, 6) is -10.7. The molecule has 0 aliphatic rings. The number of benzene rings is 1. The normalized spacial score (nSPS) is 13.0. The van der Waals surface area contributed by atoms with Crippen molar-refractivity contribution >= 4 is 6.08 Å². The maximum absolute atomic E-state index is 13.6. The molecule has 0 aromatic heterocycles. The average Bonchev–Trinajstić information content (AvgIpc) is 2.43. The van der Waals surface area contributed by atoms with Crippen molar-refractivity contribution < 1.29 is 31.1 Å². The Labute approximate surface area is 136 Å². The predicted molar refractivity (Wildman–Crippen MR) is 80.0 cm³/mol. The maximum Gasteiger partial charge on any atom is 0.287 e. The Kier molecular flexibility index (Phi) is 6.71. The van der Waals surface area contributed by atoms with Crippen LogP contribution in [0.4, 0.5) is 26.3 Å². The molecule has 1 aromatic rings. The van der Waals surface area contributed by atoms with Gasteiger partial charge in [-0.15, -0.1) is 0 Å². The van der Waals surface area contributed by atoms with Crippen LogP contribution >= 0.6 is 0 Å². The smallest absolute Gasteiger partial charge is 0.287 e. The van der Waals surface area contributed by atoms with E-state index in [1.807, 2.05) is 0 Å². The third-order valence-electron chi connectivity index (χ3n) is 2.90. The van der Waals surface area contributed by atoms with Crippen molar-refractivity contribution in [3.8, 4) is 5.75 Å². The molecule has 0 fully saturated rings. The molecule has 0 heterocycles. The summed E-state index contributed by atoms with van der Waals surface area (Å²) in [6.07, 6.45) is -0.251. The molecule has 1 rings (SSSR count). The zero-order valence-corrected chi connectivity index (χ0v) is 13.1. The van der Waals surface area contributed by atoms with E-state index in [0.29, 0.717) is 6.92 Å². The fourth-order valence-corrected chi connectivity index (χ4v) is 1.85. The number of hydrogen-bond donors (Lipinski definition) is 1. The number of halogens is 6. The lowest BCUT2D eigenvalue weighted by Crippen LogP contribution is -2.43. The highest BCUT2D eigenvalue weighted by Crippen LogP contribution is 2.31. The van der Waals surface area contributed by atoms with Gasteiger partial charge in [-0.3, -0.25) is 0 Å². The lowest BCUT2D eigenvalue weighted by Gasteiger charge is -2.24. The van der Waals surface area contributed by atoms with E-state index in [9.17, 15) is 26.3 Å². The number of rotatable bonds is 10. The standard InChI is InChI=1S/C16H19F6NO/c1-3-12-4-6-13(7-5-12)24-11-16(21,22)8-15(19,20)10-23-9-14(2,17)18/h3-7,23H,1,8-11H2,2H3. The summed E-state index contributed by atoms with van der Waals surface area (Å²) in [4.78, 5) is 0. The maximum atomic E-state index is 13.6. The minimum Gasteiger partial charge on any atom is -0.487 e. The summed E-state index contributed by atoms with van der Waals surface area (Å²) in [6.45, 7) is 0.555. The fourth-order valence-electron chi connectivity index (χ4n) is 1.85. The van der Waals surface area contributed by atoms with Gasteiger partial charge in [-0.2, -0.15) is 0 Å². The Hall–Kier alpha value is -1.70. The second-order valence-corrected chi connectivity index (χ2v) is 5.62. The fraction of sp³-hybridized carbons (Fsp3) is 0.500. The van der Waals surface area contributed by atoms with Crippen molar-refractivity contribution in [3.63, 3.8) is 0 Å². The van der Waals surface area contributed by atoms with Gasteiger partial charge in [-0.05, 0) is 17.7 Å². The summed E-state index contributed by atoms with van der Waals surface area (Å²) in [5, 5.41) is 1.79. The van der Waals surface area contributed by atoms with E-state index in [2.05, 4.69) is 6.58 Å². The van der Waals surface area contributed by atoms with Crippen LogP contribution in [0, 0.1) is 0 Å². The zero-order valence-electron chi connectivity index (χ0n) is 13.1. The molecule has 0 saturated carbocycles. The van der Waals surface area contributed by atoms with Gasteiger partial charge in [0.2, 0.25) is 0 Å².